The zero-order valence-electron chi connectivity index (χ0n) is 15.8. The lowest BCUT2D eigenvalue weighted by Gasteiger charge is -2.39. The fourth-order valence-corrected chi connectivity index (χ4v) is 5.03. The lowest BCUT2D eigenvalue weighted by molar-refractivity contribution is -0.135. The first kappa shape index (κ1) is 22.8. The molecule has 1 N–H and O–H groups in total. The van der Waals surface area contributed by atoms with Gasteiger partial charge in [-0.05, 0) is 56.3 Å². The molecule has 2 atom stereocenters. The maximum absolute atomic E-state index is 12.9. The van der Waals surface area contributed by atoms with Gasteiger partial charge in [0.1, 0.15) is 0 Å². The highest BCUT2D eigenvalue weighted by molar-refractivity contribution is 6.31. The van der Waals surface area contributed by atoms with Crippen molar-refractivity contribution in [1.29, 1.82) is 0 Å². The number of nitrogens with zero attached hydrogens (tertiary/aromatic N) is 2. The van der Waals surface area contributed by atoms with E-state index in [0.717, 1.165) is 50.7 Å². The third-order valence-electron chi connectivity index (χ3n) is 6.62. The minimum Gasteiger partial charge on any atom is -0.340 e. The highest BCUT2D eigenvalue weighted by atomic mass is 35.5. The molecule has 7 heteroatoms. The predicted octanol–water partition coefficient (Wildman–Crippen LogP) is 3.78. The smallest absolute Gasteiger partial charge is 0.226 e. The molecule has 1 aromatic carbocycles. The molecule has 0 aromatic heterocycles. The Bertz CT molecular complexity index is 643. The molecule has 0 radical (unpaired) electrons. The SMILES string of the molecule is CC(c1ccccc1Cl)N1CCN(C(=O)C2CC23CCNCC3)CC1.Cl.Cl. The van der Waals surface area contributed by atoms with Crippen LogP contribution < -0.4 is 5.32 Å². The van der Waals surface area contributed by atoms with Crippen LogP contribution in [0.25, 0.3) is 0 Å². The van der Waals surface area contributed by atoms with Crippen molar-refractivity contribution in [3.05, 3.63) is 34.9 Å². The summed E-state index contributed by atoms with van der Waals surface area (Å²) in [5, 5.41) is 4.25. The molecule has 4 rings (SSSR count). The van der Waals surface area contributed by atoms with Gasteiger partial charge < -0.3 is 10.2 Å². The van der Waals surface area contributed by atoms with Crippen LogP contribution in [0.5, 0.6) is 0 Å². The molecule has 3 aliphatic rings. The van der Waals surface area contributed by atoms with E-state index >= 15 is 0 Å². The molecule has 1 aliphatic carbocycles. The van der Waals surface area contributed by atoms with Crippen LogP contribution in [0.4, 0.5) is 0 Å². The first-order valence-electron chi connectivity index (χ1n) is 9.59. The highest BCUT2D eigenvalue weighted by Gasteiger charge is 2.58. The van der Waals surface area contributed by atoms with Gasteiger partial charge in [0.25, 0.3) is 0 Å². The van der Waals surface area contributed by atoms with Crippen molar-refractivity contribution in [3.63, 3.8) is 0 Å². The number of benzene rings is 1. The molecule has 1 spiro atoms. The molecule has 2 unspecified atom stereocenters. The second-order valence-electron chi connectivity index (χ2n) is 7.93. The van der Waals surface area contributed by atoms with Crippen molar-refractivity contribution in [3.8, 4) is 0 Å². The predicted molar refractivity (Wildman–Crippen MR) is 115 cm³/mol. The Kier molecular flexibility index (Phi) is 7.86. The molecule has 2 heterocycles. The number of carbonyl (C=O) groups excluding carboxylic acids is 1. The Hall–Kier alpha value is -0.520. The number of piperazine rings is 1. The van der Waals surface area contributed by atoms with Crippen LogP contribution in [0.15, 0.2) is 24.3 Å². The molecule has 2 saturated heterocycles. The average Bonchev–Trinajstić information content (AvgIpc) is 3.34. The molecule has 1 saturated carbocycles. The van der Waals surface area contributed by atoms with E-state index in [0.29, 0.717) is 23.3 Å². The summed E-state index contributed by atoms with van der Waals surface area (Å²) in [6.07, 6.45) is 3.46. The monoisotopic (exact) mass is 433 g/mol. The molecule has 2 aliphatic heterocycles. The summed E-state index contributed by atoms with van der Waals surface area (Å²) in [6, 6.07) is 8.38. The number of nitrogens with one attached hydrogen (secondary N) is 1. The van der Waals surface area contributed by atoms with Crippen molar-refractivity contribution in [2.24, 2.45) is 11.3 Å². The summed E-state index contributed by atoms with van der Waals surface area (Å²) in [6.45, 7) is 7.92. The Morgan fingerprint density at radius 1 is 1.15 bits per heavy atom. The van der Waals surface area contributed by atoms with Gasteiger partial charge in [-0.2, -0.15) is 0 Å². The van der Waals surface area contributed by atoms with E-state index in [4.69, 9.17) is 11.6 Å². The van der Waals surface area contributed by atoms with Gasteiger partial charge >= 0.3 is 0 Å². The Morgan fingerprint density at radius 2 is 1.78 bits per heavy atom. The van der Waals surface area contributed by atoms with Crippen molar-refractivity contribution in [2.45, 2.75) is 32.2 Å². The molecule has 152 valence electrons. The summed E-state index contributed by atoms with van der Waals surface area (Å²) in [7, 11) is 0. The van der Waals surface area contributed by atoms with E-state index in [2.05, 4.69) is 28.1 Å². The summed E-state index contributed by atoms with van der Waals surface area (Å²) in [5.74, 6) is 0.703. The molecule has 27 heavy (non-hydrogen) atoms. The van der Waals surface area contributed by atoms with Gasteiger partial charge in [0.15, 0.2) is 0 Å². The maximum Gasteiger partial charge on any atom is 0.226 e. The van der Waals surface area contributed by atoms with Gasteiger partial charge in [-0.3, -0.25) is 9.69 Å². The number of rotatable bonds is 3. The molecular formula is C20H30Cl3N3O. The van der Waals surface area contributed by atoms with Crippen LogP contribution in [0.2, 0.25) is 5.02 Å². The van der Waals surface area contributed by atoms with Gasteiger partial charge in [0.05, 0.1) is 0 Å². The molecule has 1 amide bonds. The van der Waals surface area contributed by atoms with Gasteiger partial charge in [0, 0.05) is 43.2 Å². The standard InChI is InChI=1S/C20H28ClN3O.2ClH/c1-15(16-4-2-3-5-18(16)21)23-10-12-24(13-11-23)19(25)17-14-20(17)6-8-22-9-7-20;;/h2-5,15,17,22H,6-14H2,1H3;2*1H. The third-order valence-corrected chi connectivity index (χ3v) is 6.96. The van der Waals surface area contributed by atoms with Crippen LogP contribution >= 0.6 is 36.4 Å². The van der Waals surface area contributed by atoms with E-state index in [1.807, 2.05) is 18.2 Å². The first-order valence-corrected chi connectivity index (χ1v) is 9.96. The topological polar surface area (TPSA) is 35.6 Å². The van der Waals surface area contributed by atoms with Crippen molar-refractivity contribution in [2.75, 3.05) is 39.3 Å². The lowest BCUT2D eigenvalue weighted by Crippen LogP contribution is -2.50. The van der Waals surface area contributed by atoms with Crippen LogP contribution in [-0.2, 0) is 4.79 Å². The minimum absolute atomic E-state index is 0. The fourth-order valence-electron chi connectivity index (χ4n) is 4.73. The summed E-state index contributed by atoms with van der Waals surface area (Å²) >= 11 is 6.35. The zero-order chi connectivity index (χ0) is 17.4. The van der Waals surface area contributed by atoms with Gasteiger partial charge in [-0.15, -0.1) is 24.8 Å². The largest absolute Gasteiger partial charge is 0.340 e. The van der Waals surface area contributed by atoms with E-state index in [-0.39, 0.29) is 24.8 Å². The summed E-state index contributed by atoms with van der Waals surface area (Å²) < 4.78 is 0. The summed E-state index contributed by atoms with van der Waals surface area (Å²) in [5.41, 5.74) is 1.52. The van der Waals surface area contributed by atoms with Crippen LogP contribution in [0, 0.1) is 11.3 Å². The fraction of sp³-hybridized carbons (Fsp3) is 0.650. The van der Waals surface area contributed by atoms with Crippen LogP contribution in [-0.4, -0.2) is 55.0 Å². The van der Waals surface area contributed by atoms with Crippen LogP contribution in [0.3, 0.4) is 0 Å². The van der Waals surface area contributed by atoms with Crippen LogP contribution in [0.1, 0.15) is 37.8 Å². The zero-order valence-corrected chi connectivity index (χ0v) is 18.2. The van der Waals surface area contributed by atoms with E-state index < -0.39 is 0 Å². The van der Waals surface area contributed by atoms with Crippen molar-refractivity contribution < 1.29 is 4.79 Å². The normalized spacial score (nSPS) is 25.3. The van der Waals surface area contributed by atoms with Crippen molar-refractivity contribution in [1.82, 2.24) is 15.1 Å². The molecular weight excluding hydrogens is 405 g/mol. The maximum atomic E-state index is 12.9. The van der Waals surface area contributed by atoms with E-state index in [1.54, 1.807) is 0 Å². The third kappa shape index (κ3) is 4.56. The molecule has 4 nitrogen and oxygen atoms in total. The van der Waals surface area contributed by atoms with Gasteiger partial charge in [-0.25, -0.2) is 0 Å². The Morgan fingerprint density at radius 3 is 2.41 bits per heavy atom. The lowest BCUT2D eigenvalue weighted by atomic mass is 9.91. The Balaban J connectivity index is 0.00000131. The number of hydrogen-bond acceptors (Lipinski definition) is 3. The Labute approximate surface area is 179 Å². The second-order valence-corrected chi connectivity index (χ2v) is 8.34. The molecule has 1 aromatic rings. The number of hydrogen-bond donors (Lipinski definition) is 1. The number of piperidine rings is 1. The number of amides is 1. The second kappa shape index (κ2) is 9.32. The molecule has 3 fully saturated rings. The first-order chi connectivity index (χ1) is 12.1. The minimum atomic E-state index is 0. The van der Waals surface area contributed by atoms with E-state index in [1.165, 1.54) is 18.4 Å². The van der Waals surface area contributed by atoms with Crippen molar-refractivity contribution >= 4 is 42.3 Å². The van der Waals surface area contributed by atoms with E-state index in [9.17, 15) is 4.79 Å². The average molecular weight is 435 g/mol. The highest BCUT2D eigenvalue weighted by Crippen LogP contribution is 2.59. The summed E-state index contributed by atoms with van der Waals surface area (Å²) in [4.78, 5) is 17.5. The number of carbonyl (C=O) groups is 1. The number of halogens is 3. The van der Waals surface area contributed by atoms with Gasteiger partial charge in [0.2, 0.25) is 5.91 Å². The molecule has 0 bridgehead atoms. The quantitative estimate of drug-likeness (QED) is 0.786. The van der Waals surface area contributed by atoms with Gasteiger partial charge in [-0.1, -0.05) is 29.8 Å².